The van der Waals surface area contributed by atoms with Crippen LogP contribution in [-0.4, -0.2) is 26.8 Å². The van der Waals surface area contributed by atoms with E-state index in [0.29, 0.717) is 6.54 Å². The molecule has 2 aromatic carbocycles. The Labute approximate surface area is 136 Å². The first-order chi connectivity index (χ1) is 11.1. The van der Waals surface area contributed by atoms with E-state index in [1.165, 1.54) is 0 Å². The van der Waals surface area contributed by atoms with Gasteiger partial charge in [0.15, 0.2) is 0 Å². The van der Waals surface area contributed by atoms with Crippen LogP contribution in [0.2, 0.25) is 0 Å². The monoisotopic (exact) mass is 314 g/mol. The number of carbonyl (C=O) groups is 1. The number of carbonyl (C=O) groups excluding carboxylic acids is 1. The molecule has 0 radical (unpaired) electrons. The number of benzene rings is 2. The number of methoxy groups -OCH3 is 2. The first kappa shape index (κ1) is 16.8. The molecule has 0 spiro atoms. The topological polar surface area (TPSA) is 59.6 Å². The number of nitrogens with one attached hydrogen (secondary N) is 2. The molecule has 5 heteroatoms. The van der Waals surface area contributed by atoms with Crippen LogP contribution in [0.1, 0.15) is 17.2 Å². The number of para-hydroxylation sites is 1. The number of hydrogen-bond acceptors (Lipinski definition) is 3. The van der Waals surface area contributed by atoms with E-state index in [-0.39, 0.29) is 12.1 Å². The van der Waals surface area contributed by atoms with Crippen molar-refractivity contribution in [3.63, 3.8) is 0 Å². The number of amides is 2. The molecular weight excluding hydrogens is 292 g/mol. The van der Waals surface area contributed by atoms with E-state index in [2.05, 4.69) is 10.6 Å². The Kier molecular flexibility index (Phi) is 6.00. The van der Waals surface area contributed by atoms with Gasteiger partial charge in [-0.25, -0.2) is 4.79 Å². The van der Waals surface area contributed by atoms with Crippen LogP contribution in [0.5, 0.6) is 5.75 Å². The van der Waals surface area contributed by atoms with E-state index >= 15 is 0 Å². The van der Waals surface area contributed by atoms with E-state index < -0.39 is 0 Å². The van der Waals surface area contributed by atoms with Crippen LogP contribution in [-0.2, 0) is 4.74 Å². The maximum atomic E-state index is 12.0. The van der Waals surface area contributed by atoms with Gasteiger partial charge in [-0.1, -0.05) is 30.3 Å². The minimum atomic E-state index is -0.283. The molecule has 0 saturated heterocycles. The number of hydrogen-bond donors (Lipinski definition) is 2. The molecule has 0 heterocycles. The first-order valence-corrected chi connectivity index (χ1v) is 7.41. The molecule has 2 N–H and O–H groups in total. The highest BCUT2D eigenvalue weighted by atomic mass is 16.5. The molecule has 23 heavy (non-hydrogen) atoms. The SMILES string of the molecule is COc1ccccc1[C@H](CNC(=O)Nc1cccc(C)c1)OC. The highest BCUT2D eigenvalue weighted by Crippen LogP contribution is 2.26. The van der Waals surface area contributed by atoms with Gasteiger partial charge >= 0.3 is 6.03 Å². The summed E-state index contributed by atoms with van der Waals surface area (Å²) in [4.78, 5) is 12.0. The van der Waals surface area contributed by atoms with Gasteiger partial charge in [-0.2, -0.15) is 0 Å². The van der Waals surface area contributed by atoms with Gasteiger partial charge in [0.25, 0.3) is 0 Å². The van der Waals surface area contributed by atoms with Crippen molar-refractivity contribution in [1.82, 2.24) is 5.32 Å². The Balaban J connectivity index is 1.96. The van der Waals surface area contributed by atoms with Crippen molar-refractivity contribution in [3.8, 4) is 5.75 Å². The summed E-state index contributed by atoms with van der Waals surface area (Å²) >= 11 is 0. The van der Waals surface area contributed by atoms with E-state index in [9.17, 15) is 4.79 Å². The molecule has 1 atom stereocenters. The van der Waals surface area contributed by atoms with Crippen LogP contribution >= 0.6 is 0 Å². The van der Waals surface area contributed by atoms with Gasteiger partial charge in [-0.15, -0.1) is 0 Å². The van der Waals surface area contributed by atoms with Crippen LogP contribution < -0.4 is 15.4 Å². The van der Waals surface area contributed by atoms with Gasteiger partial charge in [-0.05, 0) is 30.7 Å². The quantitative estimate of drug-likeness (QED) is 0.858. The smallest absolute Gasteiger partial charge is 0.319 e. The number of anilines is 1. The first-order valence-electron chi connectivity index (χ1n) is 7.41. The second kappa shape index (κ2) is 8.19. The minimum Gasteiger partial charge on any atom is -0.496 e. The summed E-state index contributed by atoms with van der Waals surface area (Å²) in [5.74, 6) is 0.736. The molecule has 2 aromatic rings. The maximum Gasteiger partial charge on any atom is 0.319 e. The molecule has 2 amide bonds. The average molecular weight is 314 g/mol. The molecule has 0 fully saturated rings. The van der Waals surface area contributed by atoms with Crippen molar-refractivity contribution in [2.24, 2.45) is 0 Å². The second-order valence-electron chi connectivity index (χ2n) is 5.17. The molecule has 5 nitrogen and oxygen atoms in total. The Morgan fingerprint density at radius 1 is 1.13 bits per heavy atom. The highest BCUT2D eigenvalue weighted by molar-refractivity contribution is 5.89. The molecule has 0 saturated carbocycles. The number of aryl methyl sites for hydroxylation is 1. The largest absolute Gasteiger partial charge is 0.496 e. The summed E-state index contributed by atoms with van der Waals surface area (Å²) in [6.07, 6.45) is -0.283. The molecule has 2 rings (SSSR count). The molecule has 0 aliphatic heterocycles. The third-order valence-corrected chi connectivity index (χ3v) is 3.49. The number of rotatable bonds is 6. The lowest BCUT2D eigenvalue weighted by atomic mass is 10.1. The standard InChI is InChI=1S/C18H22N2O3/c1-13-7-6-8-14(11-13)20-18(21)19-12-17(23-3)15-9-4-5-10-16(15)22-2/h4-11,17H,12H2,1-3H3,(H2,19,20,21)/t17-/m0/s1. The molecular formula is C18H22N2O3. The highest BCUT2D eigenvalue weighted by Gasteiger charge is 2.16. The zero-order valence-corrected chi connectivity index (χ0v) is 13.6. The lowest BCUT2D eigenvalue weighted by Gasteiger charge is -2.19. The van der Waals surface area contributed by atoms with Gasteiger partial charge in [0.05, 0.1) is 7.11 Å². The van der Waals surface area contributed by atoms with Gasteiger partial charge in [-0.3, -0.25) is 0 Å². The zero-order valence-electron chi connectivity index (χ0n) is 13.6. The fourth-order valence-corrected chi connectivity index (χ4v) is 2.34. The third-order valence-electron chi connectivity index (χ3n) is 3.49. The summed E-state index contributed by atoms with van der Waals surface area (Å²) in [6, 6.07) is 15.0. The molecule has 0 unspecified atom stereocenters. The van der Waals surface area contributed by atoms with Gasteiger partial charge in [0.1, 0.15) is 11.9 Å². The fraction of sp³-hybridized carbons (Fsp3) is 0.278. The van der Waals surface area contributed by atoms with Crippen LogP contribution in [0.15, 0.2) is 48.5 Å². The van der Waals surface area contributed by atoms with Crippen molar-refractivity contribution < 1.29 is 14.3 Å². The third kappa shape index (κ3) is 4.72. The molecule has 0 aliphatic carbocycles. The predicted molar refractivity (Wildman–Crippen MR) is 90.9 cm³/mol. The van der Waals surface area contributed by atoms with Crippen molar-refractivity contribution in [2.75, 3.05) is 26.1 Å². The van der Waals surface area contributed by atoms with Gasteiger partial charge in [0, 0.05) is 24.9 Å². The number of ether oxygens (including phenoxy) is 2. The van der Waals surface area contributed by atoms with Crippen molar-refractivity contribution in [2.45, 2.75) is 13.0 Å². The molecule has 0 bridgehead atoms. The van der Waals surface area contributed by atoms with Gasteiger partial charge < -0.3 is 20.1 Å². The van der Waals surface area contributed by atoms with Crippen LogP contribution in [0.4, 0.5) is 10.5 Å². The lowest BCUT2D eigenvalue weighted by Crippen LogP contribution is -2.33. The van der Waals surface area contributed by atoms with Crippen LogP contribution in [0, 0.1) is 6.92 Å². The van der Waals surface area contributed by atoms with Gasteiger partial charge in [0.2, 0.25) is 0 Å². The Morgan fingerprint density at radius 3 is 2.61 bits per heavy atom. The molecule has 0 aliphatic rings. The summed E-state index contributed by atoms with van der Waals surface area (Å²) in [5.41, 5.74) is 2.74. The Bertz CT molecular complexity index is 658. The van der Waals surface area contributed by atoms with E-state index in [4.69, 9.17) is 9.47 Å². The fourth-order valence-electron chi connectivity index (χ4n) is 2.34. The molecule has 0 aromatic heterocycles. The van der Waals surface area contributed by atoms with Crippen molar-refractivity contribution in [3.05, 3.63) is 59.7 Å². The zero-order chi connectivity index (χ0) is 16.7. The normalized spacial score (nSPS) is 11.6. The van der Waals surface area contributed by atoms with E-state index in [0.717, 1.165) is 22.6 Å². The van der Waals surface area contributed by atoms with Crippen molar-refractivity contribution in [1.29, 1.82) is 0 Å². The van der Waals surface area contributed by atoms with E-state index in [1.54, 1.807) is 14.2 Å². The lowest BCUT2D eigenvalue weighted by molar-refractivity contribution is 0.102. The summed E-state index contributed by atoms with van der Waals surface area (Å²) in [6.45, 7) is 2.32. The van der Waals surface area contributed by atoms with Crippen LogP contribution in [0.25, 0.3) is 0 Å². The maximum absolute atomic E-state index is 12.0. The molecule has 122 valence electrons. The predicted octanol–water partition coefficient (Wildman–Crippen LogP) is 3.51. The average Bonchev–Trinajstić information content (AvgIpc) is 2.56. The Hall–Kier alpha value is -2.53. The Morgan fingerprint density at radius 2 is 1.91 bits per heavy atom. The van der Waals surface area contributed by atoms with E-state index in [1.807, 2.05) is 55.5 Å². The second-order valence-corrected chi connectivity index (χ2v) is 5.17. The number of urea groups is 1. The van der Waals surface area contributed by atoms with Crippen molar-refractivity contribution >= 4 is 11.7 Å². The summed E-state index contributed by atoms with van der Waals surface area (Å²) in [5, 5.41) is 5.63. The summed E-state index contributed by atoms with van der Waals surface area (Å²) < 4.78 is 10.8. The summed E-state index contributed by atoms with van der Waals surface area (Å²) in [7, 11) is 3.22. The minimum absolute atomic E-state index is 0.271. The van der Waals surface area contributed by atoms with Crippen LogP contribution in [0.3, 0.4) is 0 Å².